The lowest BCUT2D eigenvalue weighted by atomic mass is 9.90. The number of fused-ring (bicyclic) bond motifs is 1. The molecule has 0 bridgehead atoms. The van der Waals surface area contributed by atoms with Crippen molar-refractivity contribution in [1.29, 1.82) is 0 Å². The third-order valence-electron chi connectivity index (χ3n) is 4.50. The molecule has 2 aliphatic rings. The zero-order chi connectivity index (χ0) is 13.3. The van der Waals surface area contributed by atoms with Crippen LogP contribution in [0.15, 0.2) is 24.3 Å². The van der Waals surface area contributed by atoms with E-state index < -0.39 is 0 Å². The fraction of sp³-hybridized carbons (Fsp3) is 0.533. The van der Waals surface area contributed by atoms with Crippen molar-refractivity contribution in [1.82, 2.24) is 4.90 Å². The Balaban J connectivity index is 0.00000147. The van der Waals surface area contributed by atoms with Gasteiger partial charge in [0.2, 0.25) is 5.91 Å². The number of benzene rings is 1. The Kier molecular flexibility index (Phi) is 8.18. The molecule has 2 heterocycles. The number of anilines is 2. The average molecular weight is 350 g/mol. The van der Waals surface area contributed by atoms with Gasteiger partial charge in [-0.05, 0) is 63.0 Å². The van der Waals surface area contributed by atoms with Crippen molar-refractivity contribution in [2.75, 3.05) is 24.1 Å². The van der Waals surface area contributed by atoms with Gasteiger partial charge < -0.3 is 16.5 Å². The first-order valence-corrected chi connectivity index (χ1v) is 7.08. The summed E-state index contributed by atoms with van der Waals surface area (Å²) in [6, 6.07) is 7.33. The molecule has 2 saturated heterocycles. The van der Waals surface area contributed by atoms with Gasteiger partial charge in [-0.2, -0.15) is 0 Å². The van der Waals surface area contributed by atoms with Crippen LogP contribution in [0.2, 0.25) is 0 Å². The highest BCUT2D eigenvalue weighted by Gasteiger charge is 2.45. The number of halogens is 2. The van der Waals surface area contributed by atoms with Crippen molar-refractivity contribution >= 4 is 42.1 Å². The summed E-state index contributed by atoms with van der Waals surface area (Å²) in [5.41, 5.74) is 7.34. The minimum Gasteiger partial charge on any atom is -0.412 e. The van der Waals surface area contributed by atoms with Crippen LogP contribution in [-0.4, -0.2) is 34.9 Å². The van der Waals surface area contributed by atoms with Crippen LogP contribution in [0.3, 0.4) is 0 Å². The number of nitrogens with one attached hydrogen (secondary N) is 1. The zero-order valence-electron chi connectivity index (χ0n) is 12.5. The van der Waals surface area contributed by atoms with Crippen LogP contribution in [-0.2, 0) is 4.79 Å². The summed E-state index contributed by atoms with van der Waals surface area (Å²) in [7, 11) is 0. The average Bonchev–Trinajstić information content (AvgIpc) is 2.91. The molecule has 2 fully saturated rings. The molecule has 2 aliphatic heterocycles. The first-order valence-electron chi connectivity index (χ1n) is 7.08. The van der Waals surface area contributed by atoms with E-state index in [9.17, 15) is 4.79 Å². The number of hydrogen-bond donors (Lipinski definition) is 2. The smallest absolute Gasteiger partial charge is 0.226 e. The topological polar surface area (TPSA) is 89.9 Å². The van der Waals surface area contributed by atoms with E-state index in [2.05, 4.69) is 10.2 Å². The number of carbonyl (C=O) groups excluding carboxylic acids is 1. The number of nitrogens with zero attached hydrogens (tertiary/aromatic N) is 1. The standard InChI is InChI=1S/C15H21N3O.2ClH.H2O/c16-12-3-5-13(6-4-12)17-14(19)11-15-7-1-9-18(15)10-2-8-15;;;/h3-6H,1-2,7-11,16H2,(H,17,19);2*1H;1H2. The molecular formula is C15H25Cl2N3O2. The maximum absolute atomic E-state index is 12.2. The highest BCUT2D eigenvalue weighted by atomic mass is 35.5. The van der Waals surface area contributed by atoms with Crippen LogP contribution in [0.25, 0.3) is 0 Å². The first-order chi connectivity index (χ1) is 9.18. The number of rotatable bonds is 3. The molecule has 126 valence electrons. The van der Waals surface area contributed by atoms with E-state index in [-0.39, 0.29) is 41.7 Å². The van der Waals surface area contributed by atoms with E-state index in [1.807, 2.05) is 24.3 Å². The Morgan fingerprint density at radius 3 is 2.23 bits per heavy atom. The number of carbonyl (C=O) groups is 1. The van der Waals surface area contributed by atoms with Crippen molar-refractivity contribution in [2.24, 2.45) is 0 Å². The monoisotopic (exact) mass is 349 g/mol. The van der Waals surface area contributed by atoms with Gasteiger partial charge in [0.25, 0.3) is 0 Å². The molecule has 0 radical (unpaired) electrons. The lowest BCUT2D eigenvalue weighted by Gasteiger charge is -2.31. The normalized spacial score (nSPS) is 18.4. The maximum Gasteiger partial charge on any atom is 0.226 e. The summed E-state index contributed by atoms with van der Waals surface area (Å²) in [6.07, 6.45) is 5.42. The minimum atomic E-state index is 0. The molecule has 22 heavy (non-hydrogen) atoms. The molecule has 3 rings (SSSR count). The second kappa shape index (κ2) is 8.58. The van der Waals surface area contributed by atoms with Crippen molar-refractivity contribution in [2.45, 2.75) is 37.6 Å². The fourth-order valence-corrected chi connectivity index (χ4v) is 3.58. The molecule has 1 aromatic carbocycles. The largest absolute Gasteiger partial charge is 0.412 e. The van der Waals surface area contributed by atoms with E-state index >= 15 is 0 Å². The van der Waals surface area contributed by atoms with E-state index in [4.69, 9.17) is 5.73 Å². The quantitative estimate of drug-likeness (QED) is 0.820. The van der Waals surface area contributed by atoms with Crippen molar-refractivity contribution < 1.29 is 10.3 Å². The summed E-state index contributed by atoms with van der Waals surface area (Å²) in [5.74, 6) is 0.124. The van der Waals surface area contributed by atoms with Gasteiger partial charge in [-0.1, -0.05) is 0 Å². The molecule has 0 atom stereocenters. The lowest BCUT2D eigenvalue weighted by Crippen LogP contribution is -2.41. The van der Waals surface area contributed by atoms with Gasteiger partial charge in [0.05, 0.1) is 0 Å². The maximum atomic E-state index is 12.2. The van der Waals surface area contributed by atoms with E-state index in [0.29, 0.717) is 12.1 Å². The van der Waals surface area contributed by atoms with Gasteiger partial charge in [0, 0.05) is 23.3 Å². The van der Waals surface area contributed by atoms with Gasteiger partial charge in [-0.3, -0.25) is 9.69 Å². The molecule has 0 aromatic heterocycles. The number of hydrogen-bond acceptors (Lipinski definition) is 3. The summed E-state index contributed by atoms with van der Waals surface area (Å²) < 4.78 is 0. The number of amides is 1. The summed E-state index contributed by atoms with van der Waals surface area (Å²) >= 11 is 0. The number of nitrogen functional groups attached to an aromatic ring is 1. The van der Waals surface area contributed by atoms with E-state index in [1.165, 1.54) is 25.7 Å². The van der Waals surface area contributed by atoms with Crippen LogP contribution in [0, 0.1) is 0 Å². The van der Waals surface area contributed by atoms with Crippen molar-refractivity contribution in [3.63, 3.8) is 0 Å². The molecule has 0 saturated carbocycles. The van der Waals surface area contributed by atoms with Crippen LogP contribution in [0.4, 0.5) is 11.4 Å². The van der Waals surface area contributed by atoms with Crippen LogP contribution < -0.4 is 11.1 Å². The van der Waals surface area contributed by atoms with Crippen molar-refractivity contribution in [3.8, 4) is 0 Å². The molecule has 7 heteroatoms. The Morgan fingerprint density at radius 2 is 1.68 bits per heavy atom. The van der Waals surface area contributed by atoms with Gasteiger partial charge in [0.15, 0.2) is 0 Å². The van der Waals surface area contributed by atoms with E-state index in [0.717, 1.165) is 18.8 Å². The van der Waals surface area contributed by atoms with Gasteiger partial charge >= 0.3 is 0 Å². The Labute approximate surface area is 143 Å². The predicted octanol–water partition coefficient (Wildman–Crippen LogP) is 2.24. The first kappa shape index (κ1) is 21.0. The van der Waals surface area contributed by atoms with Crippen LogP contribution in [0.1, 0.15) is 32.1 Å². The predicted molar refractivity (Wildman–Crippen MR) is 95.0 cm³/mol. The van der Waals surface area contributed by atoms with Gasteiger partial charge in [-0.15, -0.1) is 24.8 Å². The number of nitrogens with two attached hydrogens (primary N) is 1. The van der Waals surface area contributed by atoms with Crippen LogP contribution in [0.5, 0.6) is 0 Å². The third kappa shape index (κ3) is 4.26. The fourth-order valence-electron chi connectivity index (χ4n) is 3.58. The zero-order valence-corrected chi connectivity index (χ0v) is 14.1. The molecule has 0 aliphatic carbocycles. The summed E-state index contributed by atoms with van der Waals surface area (Å²) in [6.45, 7) is 2.32. The Bertz CT molecular complexity index is 472. The molecule has 0 unspecified atom stereocenters. The second-order valence-corrected chi connectivity index (χ2v) is 5.77. The SMILES string of the molecule is Cl.Cl.Nc1ccc(NC(=O)CC23CCCN2CCC3)cc1.O. The molecular weight excluding hydrogens is 325 g/mol. The molecule has 1 aromatic rings. The minimum absolute atomic E-state index is 0. The lowest BCUT2D eigenvalue weighted by molar-refractivity contribution is -0.118. The molecule has 5 N–H and O–H groups in total. The molecule has 1 amide bonds. The molecule has 0 spiro atoms. The highest BCUT2D eigenvalue weighted by Crippen LogP contribution is 2.41. The molecule has 5 nitrogen and oxygen atoms in total. The van der Waals surface area contributed by atoms with Crippen molar-refractivity contribution in [3.05, 3.63) is 24.3 Å². The summed E-state index contributed by atoms with van der Waals surface area (Å²) in [4.78, 5) is 14.7. The second-order valence-electron chi connectivity index (χ2n) is 5.77. The van der Waals surface area contributed by atoms with Crippen LogP contribution >= 0.6 is 24.8 Å². The Hall–Kier alpha value is -1.01. The van der Waals surface area contributed by atoms with Gasteiger partial charge in [-0.25, -0.2) is 0 Å². The summed E-state index contributed by atoms with van der Waals surface area (Å²) in [5, 5.41) is 2.98. The highest BCUT2D eigenvalue weighted by molar-refractivity contribution is 5.91. The third-order valence-corrected chi connectivity index (χ3v) is 4.50. The van der Waals surface area contributed by atoms with Gasteiger partial charge in [0.1, 0.15) is 0 Å². The Morgan fingerprint density at radius 1 is 1.14 bits per heavy atom. The van der Waals surface area contributed by atoms with E-state index in [1.54, 1.807) is 0 Å².